The average molecular weight is 334 g/mol. The summed E-state index contributed by atoms with van der Waals surface area (Å²) in [5, 5.41) is 17.1. The van der Waals surface area contributed by atoms with E-state index in [-0.39, 0.29) is 18.2 Å². The molecule has 3 N–H and O–H groups in total. The summed E-state index contributed by atoms with van der Waals surface area (Å²) in [6.07, 6.45) is 1.34. The van der Waals surface area contributed by atoms with E-state index in [9.17, 15) is 9.90 Å². The largest absolute Gasteiger partial charge is 0.504 e. The first-order chi connectivity index (χ1) is 11.1. The van der Waals surface area contributed by atoms with Gasteiger partial charge in [-0.2, -0.15) is 5.10 Å². The summed E-state index contributed by atoms with van der Waals surface area (Å²) >= 11 is 5.97. The molecule has 0 saturated carbocycles. The zero-order valence-electron chi connectivity index (χ0n) is 12.4. The van der Waals surface area contributed by atoms with Crippen molar-refractivity contribution in [3.05, 3.63) is 53.1 Å². The first kappa shape index (κ1) is 16.6. The molecule has 0 unspecified atom stereocenters. The second kappa shape index (κ2) is 8.05. The molecule has 0 aliphatic rings. The number of aromatic hydroxyl groups is 1. The molecule has 0 radical (unpaired) electrons. The molecule has 0 bridgehead atoms. The Morgan fingerprint density at radius 2 is 2.09 bits per heavy atom. The third kappa shape index (κ3) is 4.62. The Balaban J connectivity index is 1.88. The molecule has 0 aliphatic heterocycles. The van der Waals surface area contributed by atoms with E-state index in [4.69, 9.17) is 16.3 Å². The van der Waals surface area contributed by atoms with Crippen LogP contribution in [0, 0.1) is 0 Å². The van der Waals surface area contributed by atoms with Crippen LogP contribution in [-0.2, 0) is 4.79 Å². The van der Waals surface area contributed by atoms with E-state index < -0.39 is 0 Å². The number of rotatable bonds is 6. The fourth-order valence-electron chi connectivity index (χ4n) is 1.80. The smallest absolute Gasteiger partial charge is 0.259 e. The van der Waals surface area contributed by atoms with Crippen LogP contribution in [0.15, 0.2) is 47.6 Å². The first-order valence-corrected chi connectivity index (χ1v) is 7.16. The number of phenolic OH excluding ortho intramolecular Hbond substituents is 1. The van der Waals surface area contributed by atoms with Crippen LogP contribution < -0.4 is 15.5 Å². The third-order valence-corrected chi connectivity index (χ3v) is 3.29. The number of hydrogen-bond acceptors (Lipinski definition) is 5. The molecule has 120 valence electrons. The van der Waals surface area contributed by atoms with Crippen molar-refractivity contribution < 1.29 is 14.6 Å². The lowest BCUT2D eigenvalue weighted by Gasteiger charge is -2.07. The number of benzene rings is 2. The molecule has 0 saturated heterocycles. The fraction of sp³-hybridized carbons (Fsp3) is 0.125. The number of anilines is 1. The number of methoxy groups -OCH3 is 1. The first-order valence-electron chi connectivity index (χ1n) is 6.78. The average Bonchev–Trinajstić information content (AvgIpc) is 2.55. The second-order valence-electron chi connectivity index (χ2n) is 4.52. The summed E-state index contributed by atoms with van der Waals surface area (Å²) in [4.78, 5) is 11.7. The lowest BCUT2D eigenvalue weighted by molar-refractivity contribution is -0.119. The van der Waals surface area contributed by atoms with Gasteiger partial charge in [-0.15, -0.1) is 0 Å². The van der Waals surface area contributed by atoms with Crippen LogP contribution in [0.5, 0.6) is 11.5 Å². The Kier molecular flexibility index (Phi) is 5.82. The second-order valence-corrected chi connectivity index (χ2v) is 4.93. The highest BCUT2D eigenvalue weighted by atomic mass is 35.5. The quantitative estimate of drug-likeness (QED) is 0.560. The summed E-state index contributed by atoms with van der Waals surface area (Å²) in [5.74, 6) is -0.0496. The molecule has 0 fully saturated rings. The van der Waals surface area contributed by atoms with Gasteiger partial charge in [0, 0.05) is 5.56 Å². The van der Waals surface area contributed by atoms with Gasteiger partial charge in [-0.3, -0.25) is 4.79 Å². The summed E-state index contributed by atoms with van der Waals surface area (Å²) in [5.41, 5.74) is 3.46. The zero-order chi connectivity index (χ0) is 16.7. The van der Waals surface area contributed by atoms with Gasteiger partial charge in [-0.1, -0.05) is 29.8 Å². The SMILES string of the molecule is COc1cccc(/C=N\NC(=O)CNc2ccccc2Cl)c1O. The molecule has 6 nitrogen and oxygen atoms in total. The highest BCUT2D eigenvalue weighted by Gasteiger charge is 2.05. The number of nitrogens with one attached hydrogen (secondary N) is 2. The topological polar surface area (TPSA) is 83.0 Å². The summed E-state index contributed by atoms with van der Waals surface area (Å²) in [7, 11) is 1.46. The van der Waals surface area contributed by atoms with Crippen molar-refractivity contribution >= 4 is 29.4 Å². The van der Waals surface area contributed by atoms with Crippen LogP contribution in [0.1, 0.15) is 5.56 Å². The molecule has 0 heterocycles. The highest BCUT2D eigenvalue weighted by Crippen LogP contribution is 2.27. The number of amides is 1. The van der Waals surface area contributed by atoms with E-state index in [1.807, 2.05) is 6.07 Å². The third-order valence-electron chi connectivity index (χ3n) is 2.96. The minimum absolute atomic E-state index is 0.0190. The summed E-state index contributed by atoms with van der Waals surface area (Å²) in [6.45, 7) is 0.0190. The molecule has 1 amide bonds. The van der Waals surface area contributed by atoms with Gasteiger partial charge in [-0.05, 0) is 24.3 Å². The van der Waals surface area contributed by atoms with Gasteiger partial charge < -0.3 is 15.2 Å². The van der Waals surface area contributed by atoms with Crippen LogP contribution in [0.2, 0.25) is 5.02 Å². The van der Waals surface area contributed by atoms with Crippen molar-refractivity contribution in [1.82, 2.24) is 5.43 Å². The maximum absolute atomic E-state index is 11.7. The van der Waals surface area contributed by atoms with Gasteiger partial charge in [0.05, 0.1) is 30.6 Å². The predicted molar refractivity (Wildman–Crippen MR) is 90.3 cm³/mol. The molecule has 2 aromatic carbocycles. The lowest BCUT2D eigenvalue weighted by atomic mass is 10.2. The zero-order valence-corrected chi connectivity index (χ0v) is 13.2. The molecule has 7 heteroatoms. The van der Waals surface area contributed by atoms with Gasteiger partial charge >= 0.3 is 0 Å². The molecule has 0 aliphatic carbocycles. The summed E-state index contributed by atoms with van der Waals surface area (Å²) < 4.78 is 4.99. The molecule has 2 aromatic rings. The monoisotopic (exact) mass is 333 g/mol. The van der Waals surface area contributed by atoms with Gasteiger partial charge in [0.15, 0.2) is 11.5 Å². The number of hydrogen-bond donors (Lipinski definition) is 3. The minimum Gasteiger partial charge on any atom is -0.504 e. The lowest BCUT2D eigenvalue weighted by Crippen LogP contribution is -2.25. The summed E-state index contributed by atoms with van der Waals surface area (Å²) in [6, 6.07) is 12.1. The standard InChI is InChI=1S/C16H16ClN3O3/c1-23-14-8-4-5-11(16(14)22)9-19-20-15(21)10-18-13-7-3-2-6-12(13)17/h2-9,18,22H,10H2,1H3,(H,20,21)/b19-9-. The molecular formula is C16H16ClN3O3. The Hall–Kier alpha value is -2.73. The van der Waals surface area contributed by atoms with Gasteiger partial charge in [0.2, 0.25) is 0 Å². The van der Waals surface area contributed by atoms with E-state index in [2.05, 4.69) is 15.8 Å². The fourth-order valence-corrected chi connectivity index (χ4v) is 2.00. The normalized spacial score (nSPS) is 10.5. The molecule has 0 aromatic heterocycles. The van der Waals surface area contributed by atoms with Crippen molar-refractivity contribution in [3.8, 4) is 11.5 Å². The number of phenols is 1. The highest BCUT2D eigenvalue weighted by molar-refractivity contribution is 6.33. The number of carbonyl (C=O) groups excluding carboxylic acids is 1. The van der Waals surface area contributed by atoms with Crippen LogP contribution in [0.25, 0.3) is 0 Å². The molecule has 0 atom stereocenters. The van der Waals surface area contributed by atoms with Gasteiger partial charge in [0.25, 0.3) is 5.91 Å². The molecule has 2 rings (SSSR count). The van der Waals surface area contributed by atoms with E-state index in [0.29, 0.717) is 22.0 Å². The Morgan fingerprint density at radius 1 is 1.30 bits per heavy atom. The van der Waals surface area contributed by atoms with Crippen molar-refractivity contribution in [2.75, 3.05) is 19.0 Å². The van der Waals surface area contributed by atoms with Crippen LogP contribution in [0.3, 0.4) is 0 Å². The molecular weight excluding hydrogens is 318 g/mol. The number of hydrazone groups is 1. The van der Waals surface area contributed by atoms with Crippen LogP contribution in [0.4, 0.5) is 5.69 Å². The Morgan fingerprint density at radius 3 is 2.83 bits per heavy atom. The van der Waals surface area contributed by atoms with Crippen molar-refractivity contribution in [2.24, 2.45) is 5.10 Å². The number of halogens is 1. The van der Waals surface area contributed by atoms with E-state index >= 15 is 0 Å². The van der Waals surface area contributed by atoms with Crippen molar-refractivity contribution in [3.63, 3.8) is 0 Å². The van der Waals surface area contributed by atoms with Gasteiger partial charge in [0.1, 0.15) is 0 Å². The van der Waals surface area contributed by atoms with Crippen LogP contribution in [-0.4, -0.2) is 30.9 Å². The molecule has 23 heavy (non-hydrogen) atoms. The predicted octanol–water partition coefficient (Wildman–Crippen LogP) is 2.62. The number of carbonyl (C=O) groups is 1. The van der Waals surface area contributed by atoms with E-state index in [1.165, 1.54) is 13.3 Å². The Bertz CT molecular complexity index is 719. The van der Waals surface area contributed by atoms with E-state index in [0.717, 1.165) is 0 Å². The maximum Gasteiger partial charge on any atom is 0.259 e. The minimum atomic E-state index is -0.344. The molecule has 0 spiro atoms. The number of para-hydroxylation sites is 2. The number of ether oxygens (including phenoxy) is 1. The maximum atomic E-state index is 11.7. The van der Waals surface area contributed by atoms with Crippen LogP contribution >= 0.6 is 11.6 Å². The number of nitrogens with zero attached hydrogens (tertiary/aromatic N) is 1. The van der Waals surface area contributed by atoms with E-state index in [1.54, 1.807) is 36.4 Å². The van der Waals surface area contributed by atoms with Crippen molar-refractivity contribution in [2.45, 2.75) is 0 Å². The Labute approximate surface area is 138 Å². The van der Waals surface area contributed by atoms with Gasteiger partial charge in [-0.25, -0.2) is 5.43 Å². The van der Waals surface area contributed by atoms with Crippen molar-refractivity contribution in [1.29, 1.82) is 0 Å².